The normalized spacial score (nSPS) is 12.1. The number of aryl methyl sites for hydroxylation is 1. The number of aromatic nitrogens is 2. The lowest BCUT2D eigenvalue weighted by atomic mass is 10.1. The predicted octanol–water partition coefficient (Wildman–Crippen LogP) is 3.18. The molecule has 0 saturated carbocycles. The van der Waals surface area contributed by atoms with Gasteiger partial charge >= 0.3 is 6.18 Å². The predicted molar refractivity (Wildman–Crippen MR) is 72.0 cm³/mol. The average molecular weight is 299 g/mol. The van der Waals surface area contributed by atoms with E-state index in [2.05, 4.69) is 4.98 Å². The van der Waals surface area contributed by atoms with Crippen LogP contribution in [-0.4, -0.2) is 33.9 Å². The molecule has 1 N–H and O–H groups in total. The van der Waals surface area contributed by atoms with E-state index in [1.54, 1.807) is 6.92 Å². The zero-order chi connectivity index (χ0) is 15.8. The van der Waals surface area contributed by atoms with Crippen LogP contribution >= 0.6 is 0 Å². The first-order valence-corrected chi connectivity index (χ1v) is 6.30. The largest absolute Gasteiger partial charge is 0.427 e. The molecule has 2 rings (SSSR count). The van der Waals surface area contributed by atoms with Gasteiger partial charge < -0.3 is 10.1 Å². The summed E-state index contributed by atoms with van der Waals surface area (Å²) in [5.41, 5.74) is 0.946. The SMILES string of the molecule is Cc1nc(-c2ccc(C(F)(F)F)cc2)n(O)c1CN(C)C. The quantitative estimate of drug-likeness (QED) is 0.885. The zero-order valence-electron chi connectivity index (χ0n) is 11.9. The lowest BCUT2D eigenvalue weighted by Crippen LogP contribution is -2.15. The van der Waals surface area contributed by atoms with Gasteiger partial charge in [-0.2, -0.15) is 17.9 Å². The van der Waals surface area contributed by atoms with E-state index in [0.717, 1.165) is 16.9 Å². The fourth-order valence-corrected chi connectivity index (χ4v) is 2.03. The summed E-state index contributed by atoms with van der Waals surface area (Å²) >= 11 is 0. The highest BCUT2D eigenvalue weighted by Gasteiger charge is 2.30. The molecular weight excluding hydrogens is 283 g/mol. The van der Waals surface area contributed by atoms with Gasteiger partial charge in [0.05, 0.1) is 17.0 Å². The zero-order valence-corrected chi connectivity index (χ0v) is 11.9. The summed E-state index contributed by atoms with van der Waals surface area (Å²) in [4.78, 5) is 6.10. The van der Waals surface area contributed by atoms with Gasteiger partial charge in [-0.25, -0.2) is 4.98 Å². The molecule has 2 aromatic rings. The minimum atomic E-state index is -4.38. The van der Waals surface area contributed by atoms with Crippen molar-refractivity contribution in [1.29, 1.82) is 0 Å². The molecule has 1 aromatic carbocycles. The van der Waals surface area contributed by atoms with Crippen molar-refractivity contribution in [2.24, 2.45) is 0 Å². The van der Waals surface area contributed by atoms with Crippen LogP contribution in [0.2, 0.25) is 0 Å². The number of benzene rings is 1. The van der Waals surface area contributed by atoms with Gasteiger partial charge in [0.2, 0.25) is 0 Å². The first-order valence-electron chi connectivity index (χ1n) is 6.30. The highest BCUT2D eigenvalue weighted by molar-refractivity contribution is 5.57. The van der Waals surface area contributed by atoms with E-state index in [1.807, 2.05) is 19.0 Å². The number of nitrogens with zero attached hydrogens (tertiary/aromatic N) is 3. The van der Waals surface area contributed by atoms with Crippen LogP contribution in [0.1, 0.15) is 17.0 Å². The third-order valence-electron chi connectivity index (χ3n) is 3.08. The number of hydrogen-bond donors (Lipinski definition) is 1. The smallest absolute Gasteiger partial charge is 0.416 e. The van der Waals surface area contributed by atoms with Gasteiger partial charge in [0, 0.05) is 12.1 Å². The minimum Gasteiger partial charge on any atom is -0.427 e. The molecule has 21 heavy (non-hydrogen) atoms. The lowest BCUT2D eigenvalue weighted by molar-refractivity contribution is -0.137. The van der Waals surface area contributed by atoms with E-state index in [9.17, 15) is 18.4 Å². The fraction of sp³-hybridized carbons (Fsp3) is 0.357. The molecule has 0 bridgehead atoms. The summed E-state index contributed by atoms with van der Waals surface area (Å²) in [5.74, 6) is 0.234. The molecule has 0 aliphatic carbocycles. The highest BCUT2D eigenvalue weighted by Crippen LogP contribution is 2.31. The van der Waals surface area contributed by atoms with E-state index in [1.165, 1.54) is 12.1 Å². The van der Waals surface area contributed by atoms with Gasteiger partial charge in [-0.05, 0) is 33.2 Å². The van der Waals surface area contributed by atoms with Crippen LogP contribution in [0.3, 0.4) is 0 Å². The van der Waals surface area contributed by atoms with Gasteiger partial charge in [-0.15, -0.1) is 0 Å². The van der Waals surface area contributed by atoms with Crippen LogP contribution in [-0.2, 0) is 12.7 Å². The van der Waals surface area contributed by atoms with Crippen molar-refractivity contribution in [3.63, 3.8) is 0 Å². The van der Waals surface area contributed by atoms with Crippen LogP contribution in [0.5, 0.6) is 0 Å². The van der Waals surface area contributed by atoms with Crippen molar-refractivity contribution in [3.8, 4) is 11.4 Å². The molecule has 0 aliphatic rings. The van der Waals surface area contributed by atoms with E-state index in [-0.39, 0.29) is 5.82 Å². The Hall–Kier alpha value is -2.02. The average Bonchev–Trinajstić information content (AvgIpc) is 2.65. The second kappa shape index (κ2) is 5.40. The van der Waals surface area contributed by atoms with Crippen LogP contribution in [0, 0.1) is 6.92 Å². The maximum atomic E-state index is 12.5. The molecule has 0 radical (unpaired) electrons. The van der Waals surface area contributed by atoms with Crippen LogP contribution in [0.4, 0.5) is 13.2 Å². The molecule has 0 atom stereocenters. The Morgan fingerprint density at radius 2 is 1.76 bits per heavy atom. The monoisotopic (exact) mass is 299 g/mol. The Morgan fingerprint density at radius 1 is 1.19 bits per heavy atom. The first-order chi connectivity index (χ1) is 9.70. The molecule has 0 spiro atoms. The molecule has 114 valence electrons. The number of hydrogen-bond acceptors (Lipinski definition) is 3. The molecule has 0 amide bonds. The van der Waals surface area contributed by atoms with Crippen molar-refractivity contribution in [2.75, 3.05) is 14.1 Å². The van der Waals surface area contributed by atoms with Crippen molar-refractivity contribution in [1.82, 2.24) is 14.6 Å². The number of rotatable bonds is 3. The summed E-state index contributed by atoms with van der Waals surface area (Å²) in [6, 6.07) is 4.56. The summed E-state index contributed by atoms with van der Waals surface area (Å²) in [7, 11) is 3.70. The maximum Gasteiger partial charge on any atom is 0.416 e. The Kier molecular flexibility index (Phi) is 3.95. The standard InChI is InChI=1S/C14H16F3N3O/c1-9-12(8-19(2)3)20(21)13(18-9)10-4-6-11(7-5-10)14(15,16)17/h4-7,21H,8H2,1-3H3. The van der Waals surface area contributed by atoms with Gasteiger partial charge in [-0.3, -0.25) is 0 Å². The second-order valence-corrected chi connectivity index (χ2v) is 5.09. The third-order valence-corrected chi connectivity index (χ3v) is 3.08. The minimum absolute atomic E-state index is 0.234. The van der Waals surface area contributed by atoms with Crippen molar-refractivity contribution >= 4 is 0 Å². The van der Waals surface area contributed by atoms with E-state index in [0.29, 0.717) is 23.5 Å². The Morgan fingerprint density at radius 3 is 2.24 bits per heavy atom. The third kappa shape index (κ3) is 3.18. The van der Waals surface area contributed by atoms with Gasteiger partial charge in [0.25, 0.3) is 0 Å². The topological polar surface area (TPSA) is 41.3 Å². The molecule has 4 nitrogen and oxygen atoms in total. The van der Waals surface area contributed by atoms with Gasteiger partial charge in [-0.1, -0.05) is 12.1 Å². The summed E-state index contributed by atoms with van der Waals surface area (Å²) in [6.07, 6.45) is -4.38. The van der Waals surface area contributed by atoms with Gasteiger partial charge in [0.15, 0.2) is 5.82 Å². The molecule has 0 unspecified atom stereocenters. The van der Waals surface area contributed by atoms with E-state index >= 15 is 0 Å². The Bertz CT molecular complexity index is 630. The van der Waals surface area contributed by atoms with Crippen molar-refractivity contribution in [2.45, 2.75) is 19.6 Å². The van der Waals surface area contributed by atoms with Crippen LogP contribution in [0.25, 0.3) is 11.4 Å². The molecule has 0 aliphatic heterocycles. The first kappa shape index (κ1) is 15.4. The van der Waals surface area contributed by atoms with Crippen LogP contribution < -0.4 is 0 Å². The molecule has 0 fully saturated rings. The molecule has 7 heteroatoms. The van der Waals surface area contributed by atoms with E-state index in [4.69, 9.17) is 0 Å². The number of halogens is 3. The maximum absolute atomic E-state index is 12.5. The molecule has 1 heterocycles. The van der Waals surface area contributed by atoms with Crippen molar-refractivity contribution in [3.05, 3.63) is 41.2 Å². The highest BCUT2D eigenvalue weighted by atomic mass is 19.4. The Balaban J connectivity index is 2.39. The summed E-state index contributed by atoms with van der Waals surface area (Å²) < 4.78 is 38.5. The van der Waals surface area contributed by atoms with Crippen LogP contribution in [0.15, 0.2) is 24.3 Å². The molecule has 0 saturated heterocycles. The number of alkyl halides is 3. The van der Waals surface area contributed by atoms with Crippen molar-refractivity contribution < 1.29 is 18.4 Å². The lowest BCUT2D eigenvalue weighted by Gasteiger charge is -2.11. The van der Waals surface area contributed by atoms with Gasteiger partial charge in [0.1, 0.15) is 0 Å². The second-order valence-electron chi connectivity index (χ2n) is 5.09. The van der Waals surface area contributed by atoms with E-state index < -0.39 is 11.7 Å². The Labute approximate surface area is 120 Å². The number of imidazole rings is 1. The summed E-state index contributed by atoms with van der Waals surface area (Å²) in [5, 5.41) is 10.1. The molecule has 1 aromatic heterocycles. The molecular formula is C14H16F3N3O. The summed E-state index contributed by atoms with van der Waals surface area (Å²) in [6.45, 7) is 2.23. The fourth-order valence-electron chi connectivity index (χ4n) is 2.03.